The van der Waals surface area contributed by atoms with Crippen LogP contribution in [0.1, 0.15) is 49.8 Å². The van der Waals surface area contributed by atoms with Crippen molar-refractivity contribution in [3.63, 3.8) is 0 Å². The van der Waals surface area contributed by atoms with Gasteiger partial charge >= 0.3 is 0 Å². The molecule has 1 aliphatic rings. The fourth-order valence-electron chi connectivity index (χ4n) is 2.94. The maximum atomic E-state index is 12.8. The number of Topliss-reactive ketones (excluding diaryl/α,β-unsaturated/α-hetero) is 1. The highest BCUT2D eigenvalue weighted by Crippen LogP contribution is 2.36. The quantitative estimate of drug-likeness (QED) is 0.861. The highest BCUT2D eigenvalue weighted by Gasteiger charge is 2.52. The molecule has 1 amide bonds. The predicted molar refractivity (Wildman–Crippen MR) is 79.7 cm³/mol. The van der Waals surface area contributed by atoms with Crippen LogP contribution < -0.4 is 5.32 Å². The summed E-state index contributed by atoms with van der Waals surface area (Å²) in [5, 5.41) is 2.94. The SMILES string of the molecule is CCC(C)C1(C)NC(=O)C(c2cc(C)ccc2C)C1=O. The Balaban J connectivity index is 2.46. The second-order valence-electron chi connectivity index (χ2n) is 6.16. The van der Waals surface area contributed by atoms with E-state index in [1.54, 1.807) is 0 Å². The summed E-state index contributed by atoms with van der Waals surface area (Å²) in [7, 11) is 0. The lowest BCUT2D eigenvalue weighted by atomic mass is 9.78. The average Bonchev–Trinajstić information content (AvgIpc) is 2.63. The first-order chi connectivity index (χ1) is 9.31. The lowest BCUT2D eigenvalue weighted by molar-refractivity contribution is -0.125. The predicted octanol–water partition coefficient (Wildman–Crippen LogP) is 2.89. The molecule has 0 saturated carbocycles. The monoisotopic (exact) mass is 273 g/mol. The topological polar surface area (TPSA) is 46.2 Å². The molecular weight excluding hydrogens is 250 g/mol. The van der Waals surface area contributed by atoms with E-state index in [-0.39, 0.29) is 17.6 Å². The van der Waals surface area contributed by atoms with E-state index in [2.05, 4.69) is 5.32 Å². The fourth-order valence-corrected chi connectivity index (χ4v) is 2.94. The van der Waals surface area contributed by atoms with Gasteiger partial charge in [-0.2, -0.15) is 0 Å². The molecule has 0 bridgehead atoms. The fraction of sp³-hybridized carbons (Fsp3) is 0.529. The molecule has 1 aliphatic heterocycles. The summed E-state index contributed by atoms with van der Waals surface area (Å²) in [6.45, 7) is 9.85. The van der Waals surface area contributed by atoms with Gasteiger partial charge in [0.05, 0.1) is 5.54 Å². The number of aryl methyl sites for hydroxylation is 2. The third kappa shape index (κ3) is 2.15. The summed E-state index contributed by atoms with van der Waals surface area (Å²) in [5.74, 6) is -0.681. The van der Waals surface area contributed by atoms with Crippen LogP contribution in [0.25, 0.3) is 0 Å². The zero-order chi connectivity index (χ0) is 15.1. The Hall–Kier alpha value is -1.64. The molecule has 0 aromatic heterocycles. The molecule has 1 N–H and O–H groups in total. The van der Waals surface area contributed by atoms with Crippen LogP contribution in [-0.4, -0.2) is 17.2 Å². The Morgan fingerprint density at radius 3 is 2.55 bits per heavy atom. The van der Waals surface area contributed by atoms with Gasteiger partial charge in [-0.25, -0.2) is 0 Å². The van der Waals surface area contributed by atoms with Crippen molar-refractivity contribution in [3.05, 3.63) is 34.9 Å². The Bertz CT molecular complexity index is 564. The summed E-state index contributed by atoms with van der Waals surface area (Å²) in [6, 6.07) is 5.94. The van der Waals surface area contributed by atoms with E-state index >= 15 is 0 Å². The molecule has 0 aliphatic carbocycles. The van der Waals surface area contributed by atoms with Crippen molar-refractivity contribution in [2.24, 2.45) is 5.92 Å². The number of carbonyl (C=O) groups excluding carboxylic acids is 2. The first-order valence-corrected chi connectivity index (χ1v) is 7.24. The molecule has 3 atom stereocenters. The number of benzene rings is 1. The van der Waals surface area contributed by atoms with Gasteiger partial charge in [-0.1, -0.05) is 44.0 Å². The van der Waals surface area contributed by atoms with Crippen molar-refractivity contribution in [2.75, 3.05) is 0 Å². The molecule has 3 nitrogen and oxygen atoms in total. The minimum atomic E-state index is -0.743. The first-order valence-electron chi connectivity index (χ1n) is 7.24. The third-order valence-electron chi connectivity index (χ3n) is 4.76. The van der Waals surface area contributed by atoms with Crippen LogP contribution in [0.2, 0.25) is 0 Å². The molecule has 3 heteroatoms. The third-order valence-corrected chi connectivity index (χ3v) is 4.76. The van der Waals surface area contributed by atoms with Crippen molar-refractivity contribution in [3.8, 4) is 0 Å². The van der Waals surface area contributed by atoms with Crippen LogP contribution in [-0.2, 0) is 9.59 Å². The van der Waals surface area contributed by atoms with Crippen LogP contribution in [0, 0.1) is 19.8 Å². The van der Waals surface area contributed by atoms with Crippen molar-refractivity contribution in [1.82, 2.24) is 5.32 Å². The zero-order valence-corrected chi connectivity index (χ0v) is 12.9. The van der Waals surface area contributed by atoms with Crippen molar-refractivity contribution < 1.29 is 9.59 Å². The smallest absolute Gasteiger partial charge is 0.235 e. The highest BCUT2D eigenvalue weighted by atomic mass is 16.2. The number of nitrogens with one attached hydrogen (secondary N) is 1. The van der Waals surface area contributed by atoms with Gasteiger partial charge in [-0.05, 0) is 37.8 Å². The Morgan fingerprint density at radius 2 is 1.95 bits per heavy atom. The second kappa shape index (κ2) is 5.04. The average molecular weight is 273 g/mol. The minimum Gasteiger partial charge on any atom is -0.343 e. The molecule has 1 aromatic carbocycles. The van der Waals surface area contributed by atoms with Gasteiger partial charge in [0.2, 0.25) is 5.91 Å². The van der Waals surface area contributed by atoms with E-state index in [4.69, 9.17) is 0 Å². The molecule has 108 valence electrons. The van der Waals surface area contributed by atoms with Gasteiger partial charge in [0.15, 0.2) is 5.78 Å². The van der Waals surface area contributed by atoms with Gasteiger partial charge in [-0.15, -0.1) is 0 Å². The normalized spacial score (nSPS) is 27.6. The second-order valence-corrected chi connectivity index (χ2v) is 6.16. The van der Waals surface area contributed by atoms with Gasteiger partial charge in [-0.3, -0.25) is 9.59 Å². The van der Waals surface area contributed by atoms with E-state index in [1.807, 2.05) is 52.8 Å². The minimum absolute atomic E-state index is 0.00514. The van der Waals surface area contributed by atoms with Gasteiger partial charge < -0.3 is 5.32 Å². The lowest BCUT2D eigenvalue weighted by Crippen LogP contribution is -2.48. The van der Waals surface area contributed by atoms with E-state index in [0.29, 0.717) is 0 Å². The maximum absolute atomic E-state index is 12.8. The molecule has 0 spiro atoms. The molecule has 3 unspecified atom stereocenters. The van der Waals surface area contributed by atoms with Gasteiger partial charge in [0.1, 0.15) is 5.92 Å². The first kappa shape index (κ1) is 14.8. The summed E-state index contributed by atoms with van der Waals surface area (Å²) in [4.78, 5) is 25.2. The summed E-state index contributed by atoms with van der Waals surface area (Å²) in [5.41, 5.74) is 2.17. The molecule has 1 aromatic rings. The highest BCUT2D eigenvalue weighted by molar-refractivity contribution is 6.17. The molecule has 20 heavy (non-hydrogen) atoms. The van der Waals surface area contributed by atoms with Crippen molar-refractivity contribution in [2.45, 2.75) is 52.5 Å². The van der Waals surface area contributed by atoms with E-state index in [0.717, 1.165) is 23.1 Å². The van der Waals surface area contributed by atoms with Crippen LogP contribution >= 0.6 is 0 Å². The maximum Gasteiger partial charge on any atom is 0.235 e. The summed E-state index contributed by atoms with van der Waals surface area (Å²) < 4.78 is 0. The zero-order valence-electron chi connectivity index (χ0n) is 12.9. The lowest BCUT2D eigenvalue weighted by Gasteiger charge is -2.29. The van der Waals surface area contributed by atoms with Crippen LogP contribution in [0.5, 0.6) is 0 Å². The van der Waals surface area contributed by atoms with Crippen LogP contribution in [0.3, 0.4) is 0 Å². The molecule has 2 rings (SSSR count). The number of amides is 1. The number of hydrogen-bond donors (Lipinski definition) is 1. The molecule has 1 fully saturated rings. The van der Waals surface area contributed by atoms with Gasteiger partial charge in [0, 0.05) is 0 Å². The number of carbonyl (C=O) groups is 2. The van der Waals surface area contributed by atoms with Crippen LogP contribution in [0.15, 0.2) is 18.2 Å². The number of ketones is 1. The van der Waals surface area contributed by atoms with Crippen molar-refractivity contribution in [1.29, 1.82) is 0 Å². The largest absolute Gasteiger partial charge is 0.343 e. The van der Waals surface area contributed by atoms with Gasteiger partial charge in [0.25, 0.3) is 0 Å². The summed E-state index contributed by atoms with van der Waals surface area (Å²) in [6.07, 6.45) is 0.863. The van der Waals surface area contributed by atoms with Crippen molar-refractivity contribution >= 4 is 11.7 Å². The van der Waals surface area contributed by atoms with E-state index in [1.165, 1.54) is 0 Å². The summed E-state index contributed by atoms with van der Waals surface area (Å²) >= 11 is 0. The molecular formula is C17H23NO2. The van der Waals surface area contributed by atoms with E-state index < -0.39 is 11.5 Å². The Kier molecular flexibility index (Phi) is 3.72. The Labute approximate surface area is 120 Å². The van der Waals surface area contributed by atoms with E-state index in [9.17, 15) is 9.59 Å². The molecule has 1 heterocycles. The Morgan fingerprint density at radius 1 is 1.30 bits per heavy atom. The standard InChI is InChI=1S/C17H23NO2/c1-6-12(4)17(5)15(19)14(16(20)18-17)13-9-10(2)7-8-11(13)3/h7-9,12,14H,6H2,1-5H3,(H,18,20). The molecule has 0 radical (unpaired) electrons. The van der Waals surface area contributed by atoms with Crippen LogP contribution in [0.4, 0.5) is 0 Å². The number of hydrogen-bond acceptors (Lipinski definition) is 2. The molecule has 1 saturated heterocycles. The number of rotatable bonds is 3.